The predicted molar refractivity (Wildman–Crippen MR) is 116 cm³/mol. The monoisotopic (exact) mass is 414 g/mol. The molecule has 0 radical (unpaired) electrons. The number of ether oxygens (including phenoxy) is 1. The van der Waals surface area contributed by atoms with E-state index in [1.54, 1.807) is 19.1 Å². The number of aryl methyl sites for hydroxylation is 1. The van der Waals surface area contributed by atoms with E-state index in [0.717, 1.165) is 16.7 Å². The van der Waals surface area contributed by atoms with Crippen molar-refractivity contribution in [1.82, 2.24) is 10.2 Å². The van der Waals surface area contributed by atoms with Gasteiger partial charge in [-0.05, 0) is 76.4 Å². The summed E-state index contributed by atoms with van der Waals surface area (Å²) in [6.07, 6.45) is 0. The van der Waals surface area contributed by atoms with Crippen LogP contribution in [0.4, 0.5) is 4.39 Å². The van der Waals surface area contributed by atoms with Gasteiger partial charge < -0.3 is 15.0 Å². The number of carbonyl (C=O) groups excluding carboxylic acids is 2. The molecule has 2 aromatic rings. The van der Waals surface area contributed by atoms with Crippen LogP contribution in [-0.4, -0.2) is 34.9 Å². The maximum Gasteiger partial charge on any atom is 0.261 e. The molecule has 5 nitrogen and oxygen atoms in total. The minimum Gasteiger partial charge on any atom is -0.483 e. The number of halogens is 1. The van der Waals surface area contributed by atoms with Gasteiger partial charge >= 0.3 is 0 Å². The van der Waals surface area contributed by atoms with E-state index in [2.05, 4.69) is 5.32 Å². The van der Waals surface area contributed by atoms with E-state index in [1.165, 1.54) is 17.0 Å². The maximum atomic E-state index is 13.3. The van der Waals surface area contributed by atoms with Gasteiger partial charge in [0, 0.05) is 12.1 Å². The fourth-order valence-electron chi connectivity index (χ4n) is 2.95. The molecule has 1 N–H and O–H groups in total. The van der Waals surface area contributed by atoms with Crippen molar-refractivity contribution < 1.29 is 18.7 Å². The Morgan fingerprint density at radius 2 is 1.73 bits per heavy atom. The number of nitrogens with zero attached hydrogens (tertiary/aromatic N) is 1. The Bertz CT molecular complexity index is 888. The summed E-state index contributed by atoms with van der Waals surface area (Å²) >= 11 is 0. The van der Waals surface area contributed by atoms with Crippen LogP contribution in [0.5, 0.6) is 5.75 Å². The summed E-state index contributed by atoms with van der Waals surface area (Å²) in [4.78, 5) is 27.2. The lowest BCUT2D eigenvalue weighted by Crippen LogP contribution is -2.53. The van der Waals surface area contributed by atoms with Gasteiger partial charge in [0.15, 0.2) is 6.61 Å². The lowest BCUT2D eigenvalue weighted by molar-refractivity contribution is -0.142. The molecule has 6 heteroatoms. The van der Waals surface area contributed by atoms with Crippen LogP contribution in [0, 0.1) is 19.7 Å². The van der Waals surface area contributed by atoms with Crippen LogP contribution in [0.15, 0.2) is 42.5 Å². The Morgan fingerprint density at radius 1 is 1.10 bits per heavy atom. The summed E-state index contributed by atoms with van der Waals surface area (Å²) in [5.41, 5.74) is 2.34. The quantitative estimate of drug-likeness (QED) is 0.740. The lowest BCUT2D eigenvalue weighted by atomic mass is 10.1. The second-order valence-electron chi connectivity index (χ2n) is 8.55. The first kappa shape index (κ1) is 23.4. The van der Waals surface area contributed by atoms with Crippen LogP contribution in [0.25, 0.3) is 0 Å². The number of benzene rings is 2. The van der Waals surface area contributed by atoms with Gasteiger partial charge in [0.05, 0.1) is 0 Å². The molecular formula is C24H31FN2O3. The highest BCUT2D eigenvalue weighted by atomic mass is 19.1. The molecular weight excluding hydrogens is 383 g/mol. The molecule has 0 bridgehead atoms. The van der Waals surface area contributed by atoms with Crippen molar-refractivity contribution in [1.29, 1.82) is 0 Å². The van der Waals surface area contributed by atoms with Crippen molar-refractivity contribution in [3.05, 3.63) is 65.0 Å². The molecule has 0 heterocycles. The van der Waals surface area contributed by atoms with Crippen molar-refractivity contribution in [2.45, 2.75) is 59.7 Å². The first-order valence-electron chi connectivity index (χ1n) is 10.0. The van der Waals surface area contributed by atoms with Gasteiger partial charge in [-0.15, -0.1) is 0 Å². The van der Waals surface area contributed by atoms with E-state index < -0.39 is 11.6 Å². The molecule has 0 aliphatic carbocycles. The minimum absolute atomic E-state index is 0.175. The molecule has 1 atom stereocenters. The molecule has 0 unspecified atom stereocenters. The minimum atomic E-state index is -0.719. The predicted octanol–water partition coefficient (Wildman–Crippen LogP) is 4.15. The van der Waals surface area contributed by atoms with Crippen molar-refractivity contribution in [3.8, 4) is 5.75 Å². The molecule has 0 aromatic heterocycles. The van der Waals surface area contributed by atoms with Crippen LogP contribution in [0.2, 0.25) is 0 Å². The SMILES string of the molecule is Cc1cccc(OCC(=O)N(Cc2ccc(F)cc2)[C@@H](C)C(=O)NC(C)(C)C)c1C. The normalized spacial score (nSPS) is 12.2. The number of hydrogen-bond acceptors (Lipinski definition) is 3. The highest BCUT2D eigenvalue weighted by Gasteiger charge is 2.28. The van der Waals surface area contributed by atoms with Gasteiger partial charge in [0.25, 0.3) is 5.91 Å². The second kappa shape index (κ2) is 9.74. The van der Waals surface area contributed by atoms with Gasteiger partial charge in [-0.2, -0.15) is 0 Å². The van der Waals surface area contributed by atoms with E-state index in [-0.39, 0.29) is 30.8 Å². The Labute approximate surface area is 178 Å². The van der Waals surface area contributed by atoms with Crippen LogP contribution < -0.4 is 10.1 Å². The number of hydrogen-bond donors (Lipinski definition) is 1. The third kappa shape index (κ3) is 6.58. The van der Waals surface area contributed by atoms with Crippen LogP contribution in [0.3, 0.4) is 0 Å². The molecule has 162 valence electrons. The molecule has 0 aliphatic rings. The van der Waals surface area contributed by atoms with Crippen molar-refractivity contribution in [2.24, 2.45) is 0 Å². The van der Waals surface area contributed by atoms with E-state index >= 15 is 0 Å². The van der Waals surface area contributed by atoms with E-state index in [4.69, 9.17) is 4.74 Å². The Hall–Kier alpha value is -2.89. The molecule has 2 aromatic carbocycles. The highest BCUT2D eigenvalue weighted by molar-refractivity contribution is 5.88. The van der Waals surface area contributed by atoms with Gasteiger partial charge in [-0.1, -0.05) is 24.3 Å². The zero-order chi connectivity index (χ0) is 22.5. The van der Waals surface area contributed by atoms with Crippen LogP contribution >= 0.6 is 0 Å². The zero-order valence-corrected chi connectivity index (χ0v) is 18.6. The average molecular weight is 415 g/mol. The summed E-state index contributed by atoms with van der Waals surface area (Å²) in [6, 6.07) is 10.8. The average Bonchev–Trinajstić information content (AvgIpc) is 2.66. The molecule has 0 spiro atoms. The molecule has 0 saturated heterocycles. The summed E-state index contributed by atoms with van der Waals surface area (Å²) in [6.45, 7) is 11.2. The smallest absolute Gasteiger partial charge is 0.261 e. The van der Waals surface area contributed by atoms with Gasteiger partial charge in [-0.3, -0.25) is 9.59 Å². The third-order valence-electron chi connectivity index (χ3n) is 4.84. The van der Waals surface area contributed by atoms with Gasteiger partial charge in [-0.25, -0.2) is 4.39 Å². The summed E-state index contributed by atoms with van der Waals surface area (Å²) in [5.74, 6) is -0.299. The van der Waals surface area contributed by atoms with Crippen LogP contribution in [0.1, 0.15) is 44.4 Å². The fourth-order valence-corrected chi connectivity index (χ4v) is 2.95. The summed E-state index contributed by atoms with van der Waals surface area (Å²) in [5, 5.41) is 2.91. The number of amides is 2. The molecule has 0 fully saturated rings. The van der Waals surface area contributed by atoms with Crippen molar-refractivity contribution in [2.75, 3.05) is 6.61 Å². The Morgan fingerprint density at radius 3 is 2.33 bits per heavy atom. The largest absolute Gasteiger partial charge is 0.483 e. The first-order valence-corrected chi connectivity index (χ1v) is 10.0. The topological polar surface area (TPSA) is 58.6 Å². The number of rotatable bonds is 7. The van der Waals surface area contributed by atoms with Gasteiger partial charge in [0.2, 0.25) is 5.91 Å². The summed E-state index contributed by atoms with van der Waals surface area (Å²) in [7, 11) is 0. The molecule has 30 heavy (non-hydrogen) atoms. The zero-order valence-electron chi connectivity index (χ0n) is 18.6. The van der Waals surface area contributed by atoms with E-state index in [1.807, 2.05) is 52.8 Å². The third-order valence-corrected chi connectivity index (χ3v) is 4.84. The standard InChI is InChI=1S/C24H31FN2O3/c1-16-8-7-9-21(17(16)2)30-15-22(28)27(14-19-10-12-20(25)13-11-19)18(3)23(29)26-24(4,5)6/h7-13,18H,14-15H2,1-6H3,(H,26,29)/t18-/m0/s1. The Kier molecular flexibility index (Phi) is 7.59. The first-order chi connectivity index (χ1) is 14.0. The van der Waals surface area contributed by atoms with E-state index in [9.17, 15) is 14.0 Å². The number of nitrogens with one attached hydrogen (secondary N) is 1. The molecule has 2 rings (SSSR count). The molecule has 0 saturated carbocycles. The maximum absolute atomic E-state index is 13.3. The number of carbonyl (C=O) groups is 2. The lowest BCUT2D eigenvalue weighted by Gasteiger charge is -2.31. The van der Waals surface area contributed by atoms with Crippen molar-refractivity contribution in [3.63, 3.8) is 0 Å². The Balaban J connectivity index is 2.20. The highest BCUT2D eigenvalue weighted by Crippen LogP contribution is 2.21. The van der Waals surface area contributed by atoms with E-state index in [0.29, 0.717) is 5.75 Å². The van der Waals surface area contributed by atoms with Crippen molar-refractivity contribution >= 4 is 11.8 Å². The van der Waals surface area contributed by atoms with Crippen LogP contribution in [-0.2, 0) is 16.1 Å². The van der Waals surface area contributed by atoms with Gasteiger partial charge in [0.1, 0.15) is 17.6 Å². The second-order valence-corrected chi connectivity index (χ2v) is 8.55. The fraction of sp³-hybridized carbons (Fsp3) is 0.417. The molecule has 0 aliphatic heterocycles. The molecule has 2 amide bonds. The summed E-state index contributed by atoms with van der Waals surface area (Å²) < 4.78 is 19.0.